The van der Waals surface area contributed by atoms with Gasteiger partial charge in [0.1, 0.15) is 5.82 Å². The van der Waals surface area contributed by atoms with Crippen molar-refractivity contribution < 1.29 is 4.39 Å². The van der Waals surface area contributed by atoms with E-state index in [1.165, 1.54) is 6.07 Å². The molecule has 0 atom stereocenters. The van der Waals surface area contributed by atoms with E-state index in [9.17, 15) is 4.39 Å². The topological polar surface area (TPSA) is 53.9 Å². The second-order valence-electron chi connectivity index (χ2n) is 6.08. The number of nitrogens with one attached hydrogen (secondary N) is 1. The summed E-state index contributed by atoms with van der Waals surface area (Å²) in [5, 5.41) is 11.4. The minimum absolute atomic E-state index is 0.168. The van der Waals surface area contributed by atoms with Crippen LogP contribution in [0.5, 0.6) is 0 Å². The normalized spacial score (nSPS) is 15.7. The van der Waals surface area contributed by atoms with E-state index in [0.29, 0.717) is 30.3 Å². The zero-order chi connectivity index (χ0) is 16.1. The minimum atomic E-state index is -0.168. The first kappa shape index (κ1) is 15.6. The first-order chi connectivity index (χ1) is 11.2. The molecule has 0 spiro atoms. The van der Waals surface area contributed by atoms with E-state index in [1.54, 1.807) is 18.3 Å². The third-order valence-corrected chi connectivity index (χ3v) is 4.27. The molecule has 0 radical (unpaired) electrons. The fourth-order valence-electron chi connectivity index (χ4n) is 2.75. The van der Waals surface area contributed by atoms with Gasteiger partial charge in [0.05, 0.1) is 6.20 Å². The summed E-state index contributed by atoms with van der Waals surface area (Å²) in [5.41, 5.74) is 0.701. The third-order valence-electron chi connectivity index (χ3n) is 4.27. The van der Waals surface area contributed by atoms with Crippen molar-refractivity contribution in [3.63, 3.8) is 0 Å². The minimum Gasteiger partial charge on any atom is -0.368 e. The molecule has 2 heterocycles. The molecule has 1 aliphatic rings. The Morgan fingerprint density at radius 1 is 1.26 bits per heavy atom. The van der Waals surface area contributed by atoms with E-state index in [-0.39, 0.29) is 5.82 Å². The van der Waals surface area contributed by atoms with Gasteiger partial charge >= 0.3 is 0 Å². The third kappa shape index (κ3) is 4.15. The largest absolute Gasteiger partial charge is 0.368 e. The molecule has 1 aromatic carbocycles. The molecule has 0 bridgehead atoms. The molecule has 5 nitrogen and oxygen atoms in total. The summed E-state index contributed by atoms with van der Waals surface area (Å²) >= 11 is 0. The number of aromatic nitrogens is 3. The van der Waals surface area contributed by atoms with Crippen molar-refractivity contribution in [3.8, 4) is 0 Å². The molecule has 122 valence electrons. The number of nitrogens with zero attached hydrogens (tertiary/aromatic N) is 4. The molecule has 3 rings (SSSR count). The van der Waals surface area contributed by atoms with Gasteiger partial charge in [-0.1, -0.05) is 25.1 Å². The Labute approximate surface area is 136 Å². The molecule has 1 fully saturated rings. The molecular formula is C17H22FN5. The highest BCUT2D eigenvalue weighted by atomic mass is 19.1. The molecule has 1 aliphatic heterocycles. The van der Waals surface area contributed by atoms with Crippen LogP contribution in [0, 0.1) is 11.7 Å². The van der Waals surface area contributed by atoms with Crippen molar-refractivity contribution in [2.45, 2.75) is 26.2 Å². The van der Waals surface area contributed by atoms with Crippen molar-refractivity contribution in [3.05, 3.63) is 41.8 Å². The van der Waals surface area contributed by atoms with Crippen molar-refractivity contribution in [2.24, 2.45) is 5.92 Å². The number of rotatable bonds is 5. The van der Waals surface area contributed by atoms with Gasteiger partial charge in [0.2, 0.25) is 5.95 Å². The molecule has 0 aliphatic carbocycles. The lowest BCUT2D eigenvalue weighted by Gasteiger charge is -2.29. The maximum Gasteiger partial charge on any atom is 0.247 e. The zero-order valence-corrected chi connectivity index (χ0v) is 13.4. The van der Waals surface area contributed by atoms with Crippen LogP contribution in [0.2, 0.25) is 0 Å². The highest BCUT2D eigenvalue weighted by Gasteiger charge is 2.18. The van der Waals surface area contributed by atoms with Crippen molar-refractivity contribution in [1.82, 2.24) is 15.2 Å². The Hall–Kier alpha value is -2.24. The molecule has 0 amide bonds. The summed E-state index contributed by atoms with van der Waals surface area (Å²) in [7, 11) is 0. The van der Waals surface area contributed by atoms with Gasteiger partial charge in [0.25, 0.3) is 0 Å². The molecular weight excluding hydrogens is 293 g/mol. The number of anilines is 2. The van der Waals surface area contributed by atoms with E-state index in [2.05, 4.69) is 32.3 Å². The Bertz CT molecular complexity index is 640. The lowest BCUT2D eigenvalue weighted by Crippen LogP contribution is -2.34. The van der Waals surface area contributed by atoms with Gasteiger partial charge in [-0.3, -0.25) is 0 Å². The summed E-state index contributed by atoms with van der Waals surface area (Å²) in [6.07, 6.45) is 4.53. The SMILES string of the molecule is CC1CCN(c2nncc(NCCc3ccccc3F)n2)CC1. The van der Waals surface area contributed by atoms with Crippen LogP contribution in [0.25, 0.3) is 0 Å². The summed E-state index contributed by atoms with van der Waals surface area (Å²) < 4.78 is 13.6. The van der Waals surface area contributed by atoms with Crippen molar-refractivity contribution >= 4 is 11.8 Å². The maximum atomic E-state index is 13.6. The van der Waals surface area contributed by atoms with Crippen LogP contribution >= 0.6 is 0 Å². The number of hydrogen-bond acceptors (Lipinski definition) is 5. The quantitative estimate of drug-likeness (QED) is 0.919. The number of hydrogen-bond donors (Lipinski definition) is 1. The number of piperidine rings is 1. The summed E-state index contributed by atoms with van der Waals surface area (Å²) in [5.74, 6) is 1.96. The number of benzene rings is 1. The van der Waals surface area contributed by atoms with Gasteiger partial charge in [-0.2, -0.15) is 10.1 Å². The summed E-state index contributed by atoms with van der Waals surface area (Å²) in [6.45, 7) is 4.83. The molecule has 1 N–H and O–H groups in total. The maximum absolute atomic E-state index is 13.6. The van der Waals surface area contributed by atoms with Gasteiger partial charge < -0.3 is 10.2 Å². The van der Waals surface area contributed by atoms with Gasteiger partial charge in [0, 0.05) is 19.6 Å². The Morgan fingerprint density at radius 3 is 2.83 bits per heavy atom. The molecule has 2 aromatic rings. The monoisotopic (exact) mass is 315 g/mol. The van der Waals surface area contributed by atoms with Crippen LogP contribution in [-0.2, 0) is 6.42 Å². The van der Waals surface area contributed by atoms with Crippen molar-refractivity contribution in [2.75, 3.05) is 29.9 Å². The molecule has 0 saturated carbocycles. The van der Waals surface area contributed by atoms with Gasteiger partial charge in [-0.25, -0.2) is 4.39 Å². The second-order valence-corrected chi connectivity index (χ2v) is 6.08. The average Bonchev–Trinajstić information content (AvgIpc) is 2.58. The fourth-order valence-corrected chi connectivity index (χ4v) is 2.75. The molecule has 1 aromatic heterocycles. The first-order valence-electron chi connectivity index (χ1n) is 8.14. The lowest BCUT2D eigenvalue weighted by molar-refractivity contribution is 0.433. The van der Waals surface area contributed by atoms with Gasteiger partial charge in [-0.05, 0) is 36.8 Å². The summed E-state index contributed by atoms with van der Waals surface area (Å²) in [6, 6.07) is 6.83. The average molecular weight is 315 g/mol. The zero-order valence-electron chi connectivity index (χ0n) is 13.4. The van der Waals surface area contributed by atoms with Crippen LogP contribution in [-0.4, -0.2) is 34.8 Å². The van der Waals surface area contributed by atoms with Crippen LogP contribution in [0.4, 0.5) is 16.2 Å². The van der Waals surface area contributed by atoms with Gasteiger partial charge in [0.15, 0.2) is 5.82 Å². The Morgan fingerprint density at radius 2 is 2.04 bits per heavy atom. The molecule has 23 heavy (non-hydrogen) atoms. The predicted octanol–water partition coefficient (Wildman–Crippen LogP) is 2.90. The van der Waals surface area contributed by atoms with E-state index in [0.717, 1.165) is 31.8 Å². The van der Waals surface area contributed by atoms with Crippen LogP contribution in [0.15, 0.2) is 30.5 Å². The Balaban J connectivity index is 1.56. The van der Waals surface area contributed by atoms with E-state index >= 15 is 0 Å². The van der Waals surface area contributed by atoms with E-state index < -0.39 is 0 Å². The molecule has 6 heteroatoms. The fraction of sp³-hybridized carbons (Fsp3) is 0.471. The van der Waals surface area contributed by atoms with E-state index in [1.807, 2.05) is 6.07 Å². The first-order valence-corrected chi connectivity index (χ1v) is 8.14. The standard InChI is InChI=1S/C17H22FN5/c1-13-7-10-23(11-8-13)17-21-16(12-20-22-17)19-9-6-14-4-2-3-5-15(14)18/h2-5,12-13H,6-11H2,1H3,(H,19,21,22). The molecule has 1 saturated heterocycles. The lowest BCUT2D eigenvalue weighted by atomic mass is 10.00. The number of halogens is 1. The van der Waals surface area contributed by atoms with Gasteiger partial charge in [-0.15, -0.1) is 5.10 Å². The van der Waals surface area contributed by atoms with E-state index in [4.69, 9.17) is 0 Å². The highest BCUT2D eigenvalue weighted by Crippen LogP contribution is 2.20. The Kier molecular flexibility index (Phi) is 5.00. The summed E-state index contributed by atoms with van der Waals surface area (Å²) in [4.78, 5) is 6.70. The smallest absolute Gasteiger partial charge is 0.247 e. The predicted molar refractivity (Wildman–Crippen MR) is 89.0 cm³/mol. The molecule has 0 unspecified atom stereocenters. The second kappa shape index (κ2) is 7.35. The van der Waals surface area contributed by atoms with Crippen LogP contribution in [0.1, 0.15) is 25.3 Å². The van der Waals surface area contributed by atoms with Crippen LogP contribution < -0.4 is 10.2 Å². The van der Waals surface area contributed by atoms with Crippen LogP contribution in [0.3, 0.4) is 0 Å². The van der Waals surface area contributed by atoms with Crippen molar-refractivity contribution in [1.29, 1.82) is 0 Å². The highest BCUT2D eigenvalue weighted by molar-refractivity contribution is 5.39.